The van der Waals surface area contributed by atoms with Gasteiger partial charge in [-0.1, -0.05) is 40.2 Å². The van der Waals surface area contributed by atoms with Crippen molar-refractivity contribution < 1.29 is 4.57 Å². The van der Waals surface area contributed by atoms with Crippen LogP contribution in [-0.2, 0) is 6.54 Å². The highest BCUT2D eigenvalue weighted by Crippen LogP contribution is 2.28. The van der Waals surface area contributed by atoms with Gasteiger partial charge in [0.05, 0.1) is 22.8 Å². The Bertz CT molecular complexity index is 1260. The first-order chi connectivity index (χ1) is 15.7. The van der Waals surface area contributed by atoms with Crippen LogP contribution in [-0.4, -0.2) is 15.0 Å². The summed E-state index contributed by atoms with van der Waals surface area (Å²) in [5.74, 6) is 0. The maximum atomic E-state index is 4.85. The summed E-state index contributed by atoms with van der Waals surface area (Å²) in [6, 6.07) is 28.6. The molecule has 5 aromatic rings. The molecule has 0 amide bonds. The third kappa shape index (κ3) is 4.63. The highest BCUT2D eigenvalue weighted by molar-refractivity contribution is 9.10. The minimum atomic E-state index is 0.822. The second-order valence-corrected chi connectivity index (χ2v) is 8.36. The van der Waals surface area contributed by atoms with E-state index in [9.17, 15) is 0 Å². The molecule has 0 aliphatic heterocycles. The summed E-state index contributed by atoms with van der Waals surface area (Å²) in [6.07, 6.45) is 7.80. The molecule has 0 saturated carbocycles. The van der Waals surface area contributed by atoms with Crippen LogP contribution in [0.5, 0.6) is 0 Å². The molecule has 1 aromatic carbocycles. The number of pyridine rings is 4. The first kappa shape index (κ1) is 20.2. The average molecular weight is 480 g/mol. The van der Waals surface area contributed by atoms with Gasteiger partial charge >= 0.3 is 0 Å². The van der Waals surface area contributed by atoms with E-state index in [1.807, 2.05) is 36.4 Å². The summed E-state index contributed by atoms with van der Waals surface area (Å²) in [5, 5.41) is 0. The number of aromatic nitrogens is 4. The Morgan fingerprint density at radius 3 is 1.75 bits per heavy atom. The lowest BCUT2D eigenvalue weighted by molar-refractivity contribution is -0.688. The molecule has 0 unspecified atom stereocenters. The molecule has 0 spiro atoms. The van der Waals surface area contributed by atoms with Crippen molar-refractivity contribution in [1.82, 2.24) is 15.0 Å². The number of rotatable bonds is 5. The van der Waals surface area contributed by atoms with Crippen LogP contribution in [0, 0.1) is 0 Å². The lowest BCUT2D eigenvalue weighted by atomic mass is 10.0. The van der Waals surface area contributed by atoms with E-state index in [0.717, 1.165) is 44.9 Å². The highest BCUT2D eigenvalue weighted by Gasteiger charge is 2.11. The highest BCUT2D eigenvalue weighted by atomic mass is 79.9. The molecule has 0 aliphatic rings. The lowest BCUT2D eigenvalue weighted by Crippen LogP contribution is -2.32. The third-order valence-electron chi connectivity index (χ3n) is 5.18. The first-order valence-electron chi connectivity index (χ1n) is 10.3. The minimum Gasteiger partial charge on any atom is -0.255 e. The van der Waals surface area contributed by atoms with Crippen molar-refractivity contribution in [2.75, 3.05) is 0 Å². The van der Waals surface area contributed by atoms with Gasteiger partial charge in [0.1, 0.15) is 0 Å². The predicted molar refractivity (Wildman–Crippen MR) is 130 cm³/mol. The van der Waals surface area contributed by atoms with Crippen molar-refractivity contribution in [3.63, 3.8) is 0 Å². The number of benzene rings is 1. The summed E-state index contributed by atoms with van der Waals surface area (Å²) in [5.41, 5.74) is 6.79. The molecule has 0 saturated heterocycles. The van der Waals surface area contributed by atoms with E-state index in [4.69, 9.17) is 4.98 Å². The van der Waals surface area contributed by atoms with Crippen molar-refractivity contribution in [3.05, 3.63) is 120 Å². The molecule has 4 aromatic heterocycles. The van der Waals surface area contributed by atoms with E-state index in [0.29, 0.717) is 0 Å². The van der Waals surface area contributed by atoms with Crippen LogP contribution in [0.25, 0.3) is 33.9 Å². The topological polar surface area (TPSA) is 42.5 Å². The Labute approximate surface area is 195 Å². The quantitative estimate of drug-likeness (QED) is 0.291. The van der Waals surface area contributed by atoms with Crippen LogP contribution >= 0.6 is 15.9 Å². The van der Waals surface area contributed by atoms with Gasteiger partial charge in [0.15, 0.2) is 18.9 Å². The minimum absolute atomic E-state index is 0.822. The molecule has 0 aliphatic carbocycles. The standard InChI is InChI=1S/C27H20BrN4/c28-23-9-7-20(8-10-23)19-32-15-11-21(12-16-32)22-17-26(24-5-1-3-13-29-24)31-27(18-22)25-6-2-4-14-30-25/h1-18H,19H2/q+1. The van der Waals surface area contributed by atoms with Gasteiger partial charge < -0.3 is 0 Å². The van der Waals surface area contributed by atoms with Crippen LogP contribution in [0.2, 0.25) is 0 Å². The monoisotopic (exact) mass is 479 g/mol. The molecule has 5 heteroatoms. The smallest absolute Gasteiger partial charge is 0.173 e. The van der Waals surface area contributed by atoms with E-state index < -0.39 is 0 Å². The maximum Gasteiger partial charge on any atom is 0.173 e. The van der Waals surface area contributed by atoms with Crippen LogP contribution in [0.3, 0.4) is 0 Å². The van der Waals surface area contributed by atoms with Crippen molar-refractivity contribution in [2.45, 2.75) is 6.54 Å². The average Bonchev–Trinajstić information content (AvgIpc) is 2.87. The van der Waals surface area contributed by atoms with Gasteiger partial charge in [0.2, 0.25) is 0 Å². The zero-order valence-electron chi connectivity index (χ0n) is 17.3. The molecule has 0 radical (unpaired) electrons. The van der Waals surface area contributed by atoms with Crippen LogP contribution in [0.15, 0.2) is 114 Å². The maximum absolute atomic E-state index is 4.85. The van der Waals surface area contributed by atoms with E-state index in [-0.39, 0.29) is 0 Å². The Hall–Kier alpha value is -3.70. The molecule has 0 atom stereocenters. The summed E-state index contributed by atoms with van der Waals surface area (Å²) in [7, 11) is 0. The fourth-order valence-corrected chi connectivity index (χ4v) is 3.81. The SMILES string of the molecule is Brc1ccc(C[n+]2ccc(-c3cc(-c4ccccn4)nc(-c4ccccn4)c3)cc2)cc1. The zero-order chi connectivity index (χ0) is 21.8. The molecule has 0 N–H and O–H groups in total. The lowest BCUT2D eigenvalue weighted by Gasteiger charge is -2.09. The third-order valence-corrected chi connectivity index (χ3v) is 5.71. The fourth-order valence-electron chi connectivity index (χ4n) is 3.54. The molecular weight excluding hydrogens is 460 g/mol. The second-order valence-electron chi connectivity index (χ2n) is 7.44. The Kier molecular flexibility index (Phi) is 5.81. The summed E-state index contributed by atoms with van der Waals surface area (Å²) in [6.45, 7) is 0.822. The molecule has 32 heavy (non-hydrogen) atoms. The normalized spacial score (nSPS) is 10.8. The Balaban J connectivity index is 1.51. The number of hydrogen-bond donors (Lipinski definition) is 0. The van der Waals surface area contributed by atoms with Gasteiger partial charge in [-0.25, -0.2) is 9.55 Å². The molecule has 4 heterocycles. The Morgan fingerprint density at radius 1 is 0.625 bits per heavy atom. The molecule has 0 bridgehead atoms. The number of halogens is 1. The van der Waals surface area contributed by atoms with E-state index in [2.05, 4.69) is 91.4 Å². The summed E-state index contributed by atoms with van der Waals surface area (Å²) in [4.78, 5) is 13.8. The van der Waals surface area contributed by atoms with Crippen molar-refractivity contribution in [3.8, 4) is 33.9 Å². The van der Waals surface area contributed by atoms with Crippen LogP contribution < -0.4 is 4.57 Å². The molecule has 4 nitrogen and oxygen atoms in total. The summed E-state index contributed by atoms with van der Waals surface area (Å²) >= 11 is 3.49. The van der Waals surface area contributed by atoms with Crippen LogP contribution in [0.4, 0.5) is 0 Å². The number of nitrogens with zero attached hydrogens (tertiary/aromatic N) is 4. The van der Waals surface area contributed by atoms with Gasteiger partial charge in [0.25, 0.3) is 0 Å². The second kappa shape index (κ2) is 9.20. The Morgan fingerprint density at radius 2 is 1.22 bits per heavy atom. The van der Waals surface area contributed by atoms with Crippen molar-refractivity contribution in [1.29, 1.82) is 0 Å². The van der Waals surface area contributed by atoms with E-state index in [1.165, 1.54) is 5.56 Å². The van der Waals surface area contributed by atoms with E-state index >= 15 is 0 Å². The molecule has 154 valence electrons. The fraction of sp³-hybridized carbons (Fsp3) is 0.0370. The van der Waals surface area contributed by atoms with Crippen molar-refractivity contribution >= 4 is 15.9 Å². The van der Waals surface area contributed by atoms with Gasteiger partial charge in [-0.3, -0.25) is 9.97 Å². The first-order valence-corrected chi connectivity index (χ1v) is 11.1. The van der Waals surface area contributed by atoms with Gasteiger partial charge in [-0.05, 0) is 59.7 Å². The largest absolute Gasteiger partial charge is 0.255 e. The van der Waals surface area contributed by atoms with E-state index in [1.54, 1.807) is 12.4 Å². The zero-order valence-corrected chi connectivity index (χ0v) is 18.9. The predicted octanol–water partition coefficient (Wildman–Crippen LogP) is 5.97. The van der Waals surface area contributed by atoms with Gasteiger partial charge in [-0.2, -0.15) is 0 Å². The number of hydrogen-bond acceptors (Lipinski definition) is 3. The summed E-state index contributed by atoms with van der Waals surface area (Å²) < 4.78 is 3.26. The molecule has 0 fully saturated rings. The van der Waals surface area contributed by atoms with Gasteiger partial charge in [0, 0.05) is 34.6 Å². The molecule has 5 rings (SSSR count). The van der Waals surface area contributed by atoms with Crippen molar-refractivity contribution in [2.24, 2.45) is 0 Å². The molecular formula is C27H20BrN4+. The van der Waals surface area contributed by atoms with Gasteiger partial charge in [-0.15, -0.1) is 0 Å². The van der Waals surface area contributed by atoms with Crippen LogP contribution in [0.1, 0.15) is 5.56 Å².